The number of para-hydroxylation sites is 2. The molecule has 2 atom stereocenters. The number of benzene rings is 2. The van der Waals surface area contributed by atoms with Crippen molar-refractivity contribution in [1.82, 2.24) is 14.9 Å². The molecule has 1 amide bonds. The van der Waals surface area contributed by atoms with Gasteiger partial charge in [0.05, 0.1) is 23.6 Å². The number of nitrogens with one attached hydrogen (secondary N) is 1. The van der Waals surface area contributed by atoms with Gasteiger partial charge in [0.2, 0.25) is 5.91 Å². The topological polar surface area (TPSA) is 65.4 Å². The number of aryl methyl sites for hydroxylation is 1. The summed E-state index contributed by atoms with van der Waals surface area (Å²) in [6, 6.07) is 13.4. The van der Waals surface area contributed by atoms with Gasteiger partial charge in [-0.15, -0.1) is 0 Å². The fourth-order valence-electron chi connectivity index (χ4n) is 3.78. The number of imidazole rings is 1. The molecule has 0 bridgehead atoms. The third-order valence-corrected chi connectivity index (χ3v) is 5.79. The van der Waals surface area contributed by atoms with Crippen LogP contribution in [0.2, 0.25) is 5.02 Å². The Hall–Kier alpha value is -2.57. The van der Waals surface area contributed by atoms with Crippen LogP contribution in [0, 0.1) is 6.92 Å². The first-order valence-corrected chi connectivity index (χ1v) is 10.7. The molecule has 30 heavy (non-hydrogen) atoms. The monoisotopic (exact) mass is 427 g/mol. The van der Waals surface area contributed by atoms with Crippen LogP contribution in [-0.2, 0) is 16.1 Å². The van der Waals surface area contributed by atoms with Crippen LogP contribution in [0.4, 0.5) is 0 Å². The van der Waals surface area contributed by atoms with Crippen molar-refractivity contribution in [3.63, 3.8) is 0 Å². The van der Waals surface area contributed by atoms with Gasteiger partial charge < -0.3 is 19.4 Å². The number of hydrogen-bond donors (Lipinski definition) is 1. The number of amides is 1. The maximum Gasteiger partial charge on any atom is 0.249 e. The van der Waals surface area contributed by atoms with Gasteiger partial charge in [-0.3, -0.25) is 4.79 Å². The highest BCUT2D eigenvalue weighted by atomic mass is 35.5. The first kappa shape index (κ1) is 20.7. The molecule has 0 spiro atoms. The van der Waals surface area contributed by atoms with E-state index in [0.717, 1.165) is 46.0 Å². The zero-order valence-corrected chi connectivity index (χ0v) is 18.0. The summed E-state index contributed by atoms with van der Waals surface area (Å²) >= 11 is 6.09. The number of fused-ring (bicyclic) bond motifs is 1. The van der Waals surface area contributed by atoms with Crippen molar-refractivity contribution in [2.75, 3.05) is 13.2 Å². The number of carbonyl (C=O) groups excluding carboxylic acids is 1. The molecule has 1 saturated heterocycles. The van der Waals surface area contributed by atoms with E-state index in [1.54, 1.807) is 0 Å². The van der Waals surface area contributed by atoms with Gasteiger partial charge in [0.25, 0.3) is 0 Å². The second-order valence-electron chi connectivity index (χ2n) is 7.60. The molecule has 1 N–H and O–H groups in total. The van der Waals surface area contributed by atoms with Crippen LogP contribution in [0.15, 0.2) is 42.5 Å². The van der Waals surface area contributed by atoms with Crippen LogP contribution < -0.4 is 10.1 Å². The minimum absolute atomic E-state index is 0.0773. The van der Waals surface area contributed by atoms with Gasteiger partial charge in [-0.05, 0) is 62.6 Å². The molecule has 2 aromatic carbocycles. The highest BCUT2D eigenvalue weighted by molar-refractivity contribution is 6.31. The summed E-state index contributed by atoms with van der Waals surface area (Å²) in [6.45, 7) is 5.63. The van der Waals surface area contributed by atoms with Crippen molar-refractivity contribution in [2.24, 2.45) is 0 Å². The first-order chi connectivity index (χ1) is 14.5. The lowest BCUT2D eigenvalue weighted by molar-refractivity contribution is -0.130. The maximum absolute atomic E-state index is 12.5. The highest BCUT2D eigenvalue weighted by Gasteiger charge is 2.26. The van der Waals surface area contributed by atoms with E-state index in [-0.39, 0.29) is 18.1 Å². The molecule has 2 heterocycles. The smallest absolute Gasteiger partial charge is 0.249 e. The minimum atomic E-state index is -0.359. The molecule has 7 heteroatoms. The van der Waals surface area contributed by atoms with Crippen LogP contribution in [0.25, 0.3) is 11.0 Å². The molecule has 0 saturated carbocycles. The Balaban J connectivity index is 1.50. The van der Waals surface area contributed by atoms with Gasteiger partial charge in [-0.2, -0.15) is 0 Å². The van der Waals surface area contributed by atoms with Crippen LogP contribution >= 0.6 is 11.6 Å². The van der Waals surface area contributed by atoms with Crippen molar-refractivity contribution in [3.05, 3.63) is 58.9 Å². The number of carbonyl (C=O) groups is 1. The lowest BCUT2D eigenvalue weighted by Gasteiger charge is -2.18. The number of halogens is 1. The number of aromatic nitrogens is 2. The zero-order chi connectivity index (χ0) is 21.1. The van der Waals surface area contributed by atoms with Gasteiger partial charge in [0.1, 0.15) is 24.3 Å². The quantitative estimate of drug-likeness (QED) is 0.605. The molecule has 158 valence electrons. The molecule has 0 aliphatic carbocycles. The third-order valence-electron chi connectivity index (χ3n) is 5.37. The Bertz CT molecular complexity index is 1040. The van der Waals surface area contributed by atoms with E-state index in [1.165, 1.54) is 0 Å². The molecule has 1 fully saturated rings. The van der Waals surface area contributed by atoms with Crippen LogP contribution in [0.5, 0.6) is 5.75 Å². The van der Waals surface area contributed by atoms with Crippen LogP contribution in [0.1, 0.15) is 37.2 Å². The Morgan fingerprint density at radius 2 is 2.20 bits per heavy atom. The summed E-state index contributed by atoms with van der Waals surface area (Å²) in [5.41, 5.74) is 2.89. The predicted molar refractivity (Wildman–Crippen MR) is 117 cm³/mol. The second kappa shape index (κ2) is 9.06. The Labute approximate surface area is 181 Å². The van der Waals surface area contributed by atoms with Gasteiger partial charge >= 0.3 is 0 Å². The number of ether oxygens (including phenoxy) is 2. The van der Waals surface area contributed by atoms with Gasteiger partial charge in [0.15, 0.2) is 0 Å². The standard InChI is InChI=1S/C23H26ClN3O3/c1-15-14-17(9-10-18(15)24)29-13-11-27-20-7-4-3-6-19(20)26-22(27)16(2)25-23(28)21-8-5-12-30-21/h3-4,6-7,9-10,14,16,21H,5,8,11-13H2,1-2H3,(H,25,28). The van der Waals surface area contributed by atoms with E-state index in [1.807, 2.05) is 56.3 Å². The summed E-state index contributed by atoms with van der Waals surface area (Å²) < 4.78 is 13.6. The van der Waals surface area contributed by atoms with Crippen LogP contribution in [0.3, 0.4) is 0 Å². The number of hydrogen-bond acceptors (Lipinski definition) is 4. The van der Waals surface area contributed by atoms with Gasteiger partial charge in [0, 0.05) is 11.6 Å². The lowest BCUT2D eigenvalue weighted by Crippen LogP contribution is -2.36. The summed E-state index contributed by atoms with van der Waals surface area (Å²) in [7, 11) is 0. The largest absolute Gasteiger partial charge is 0.492 e. The van der Waals surface area contributed by atoms with Crippen molar-refractivity contribution in [3.8, 4) is 5.75 Å². The molecular formula is C23H26ClN3O3. The van der Waals surface area contributed by atoms with E-state index in [9.17, 15) is 4.79 Å². The van der Waals surface area contributed by atoms with E-state index in [2.05, 4.69) is 9.88 Å². The molecule has 3 aromatic rings. The van der Waals surface area contributed by atoms with Crippen LogP contribution in [-0.4, -0.2) is 34.8 Å². The fraction of sp³-hybridized carbons (Fsp3) is 0.391. The number of nitrogens with zero attached hydrogens (tertiary/aromatic N) is 2. The molecule has 2 unspecified atom stereocenters. The van der Waals surface area contributed by atoms with E-state index in [0.29, 0.717) is 19.8 Å². The van der Waals surface area contributed by atoms with Crippen molar-refractivity contribution < 1.29 is 14.3 Å². The summed E-state index contributed by atoms with van der Waals surface area (Å²) in [4.78, 5) is 17.3. The number of rotatable bonds is 7. The van der Waals surface area contributed by atoms with E-state index >= 15 is 0 Å². The predicted octanol–water partition coefficient (Wildman–Crippen LogP) is 4.43. The third kappa shape index (κ3) is 4.45. The normalized spacial score (nSPS) is 17.2. The van der Waals surface area contributed by atoms with E-state index in [4.69, 9.17) is 26.1 Å². The molecule has 1 aromatic heterocycles. The average Bonchev–Trinajstić information content (AvgIpc) is 3.39. The Kier molecular flexibility index (Phi) is 6.25. The summed E-state index contributed by atoms with van der Waals surface area (Å²) in [5, 5.41) is 3.78. The van der Waals surface area contributed by atoms with Crippen molar-refractivity contribution in [1.29, 1.82) is 0 Å². The summed E-state index contributed by atoms with van der Waals surface area (Å²) in [6.07, 6.45) is 1.33. The van der Waals surface area contributed by atoms with Gasteiger partial charge in [-0.1, -0.05) is 23.7 Å². The lowest BCUT2D eigenvalue weighted by atomic mass is 10.2. The van der Waals surface area contributed by atoms with Crippen molar-refractivity contribution >= 4 is 28.5 Å². The Morgan fingerprint density at radius 3 is 2.97 bits per heavy atom. The molecule has 0 radical (unpaired) electrons. The fourth-order valence-corrected chi connectivity index (χ4v) is 3.89. The molecule has 1 aliphatic rings. The highest BCUT2D eigenvalue weighted by Crippen LogP contribution is 2.23. The SMILES string of the molecule is Cc1cc(OCCn2c(C(C)NC(=O)C3CCCO3)nc3ccccc32)ccc1Cl. The molecule has 4 rings (SSSR count). The molecule has 1 aliphatic heterocycles. The molecular weight excluding hydrogens is 402 g/mol. The second-order valence-corrected chi connectivity index (χ2v) is 8.01. The molecule has 6 nitrogen and oxygen atoms in total. The summed E-state index contributed by atoms with van der Waals surface area (Å²) in [5.74, 6) is 1.51. The first-order valence-electron chi connectivity index (χ1n) is 10.3. The van der Waals surface area contributed by atoms with Gasteiger partial charge in [-0.25, -0.2) is 4.98 Å². The average molecular weight is 428 g/mol. The maximum atomic E-state index is 12.5. The zero-order valence-electron chi connectivity index (χ0n) is 17.2. The Morgan fingerprint density at radius 1 is 1.37 bits per heavy atom. The van der Waals surface area contributed by atoms with E-state index < -0.39 is 0 Å². The van der Waals surface area contributed by atoms with Crippen molar-refractivity contribution in [2.45, 2.75) is 45.4 Å². The minimum Gasteiger partial charge on any atom is -0.492 e.